The van der Waals surface area contributed by atoms with Crippen molar-refractivity contribution < 1.29 is 4.92 Å². The van der Waals surface area contributed by atoms with Gasteiger partial charge >= 0.3 is 0 Å². The van der Waals surface area contributed by atoms with Gasteiger partial charge in [0.1, 0.15) is 17.5 Å². The van der Waals surface area contributed by atoms with Crippen LogP contribution in [0.25, 0.3) is 0 Å². The van der Waals surface area contributed by atoms with Gasteiger partial charge in [0.2, 0.25) is 0 Å². The maximum atomic E-state index is 11.0. The molecule has 1 aromatic carbocycles. The van der Waals surface area contributed by atoms with E-state index < -0.39 is 4.92 Å². The second kappa shape index (κ2) is 6.57. The maximum absolute atomic E-state index is 11.0. The molecule has 0 saturated carbocycles. The summed E-state index contributed by atoms with van der Waals surface area (Å²) in [5, 5.41) is 23.1. The van der Waals surface area contributed by atoms with Crippen molar-refractivity contribution >= 4 is 11.4 Å². The van der Waals surface area contributed by atoms with Crippen LogP contribution in [-0.4, -0.2) is 16.0 Å². The van der Waals surface area contributed by atoms with E-state index in [4.69, 9.17) is 5.26 Å². The number of nitrogens with one attached hydrogen (secondary N) is 1. The topological polar surface area (TPSA) is 83.9 Å². The smallest absolute Gasteiger partial charge is 0.292 e. The molecular formula is C15H16N4O2. The first kappa shape index (κ1) is 14.6. The van der Waals surface area contributed by atoms with Gasteiger partial charge in [-0.1, -0.05) is 13.0 Å². The average Bonchev–Trinajstić information content (AvgIpc) is 2.92. The minimum Gasteiger partial charge on any atom is -0.379 e. The van der Waals surface area contributed by atoms with E-state index in [1.54, 1.807) is 24.3 Å². The van der Waals surface area contributed by atoms with Crippen LogP contribution in [0.5, 0.6) is 0 Å². The molecule has 6 heteroatoms. The Morgan fingerprint density at radius 3 is 2.90 bits per heavy atom. The number of nitro groups is 1. The lowest BCUT2D eigenvalue weighted by atomic mass is 10.1. The number of nitriles is 1. The first-order valence-electron chi connectivity index (χ1n) is 6.72. The predicted molar refractivity (Wildman–Crippen MR) is 80.1 cm³/mol. The number of hydrogen-bond acceptors (Lipinski definition) is 4. The van der Waals surface area contributed by atoms with E-state index in [9.17, 15) is 10.1 Å². The first-order chi connectivity index (χ1) is 10.2. The molecule has 0 bridgehead atoms. The standard InChI is InChI=1S/C15H16N4O2/c1-2-7-17-14-9-12(5-6-15(14)19(20)21)11-18-8-3-4-13(18)10-16/h3-6,8-9,17H,2,7,11H2,1H3. The quantitative estimate of drug-likeness (QED) is 0.652. The lowest BCUT2D eigenvalue weighted by Gasteiger charge is -2.10. The van der Waals surface area contributed by atoms with Crippen molar-refractivity contribution in [2.75, 3.05) is 11.9 Å². The van der Waals surface area contributed by atoms with Gasteiger partial charge in [-0.2, -0.15) is 5.26 Å². The molecule has 2 rings (SSSR count). The fraction of sp³-hybridized carbons (Fsp3) is 0.267. The summed E-state index contributed by atoms with van der Waals surface area (Å²) in [5.41, 5.74) is 2.06. The third-order valence-corrected chi connectivity index (χ3v) is 3.12. The zero-order chi connectivity index (χ0) is 15.2. The van der Waals surface area contributed by atoms with E-state index >= 15 is 0 Å². The molecule has 108 valence electrons. The van der Waals surface area contributed by atoms with Crippen LogP contribution < -0.4 is 5.32 Å². The van der Waals surface area contributed by atoms with E-state index in [-0.39, 0.29) is 5.69 Å². The Labute approximate surface area is 122 Å². The van der Waals surface area contributed by atoms with Crippen molar-refractivity contribution in [1.29, 1.82) is 5.26 Å². The largest absolute Gasteiger partial charge is 0.379 e. The molecule has 0 radical (unpaired) electrons. The molecule has 2 aromatic rings. The Morgan fingerprint density at radius 1 is 1.43 bits per heavy atom. The van der Waals surface area contributed by atoms with Crippen molar-refractivity contribution in [1.82, 2.24) is 4.57 Å². The normalized spacial score (nSPS) is 10.1. The Kier molecular flexibility index (Phi) is 4.57. The monoisotopic (exact) mass is 284 g/mol. The molecule has 1 aromatic heterocycles. The molecule has 0 unspecified atom stereocenters. The highest BCUT2D eigenvalue weighted by Crippen LogP contribution is 2.26. The van der Waals surface area contributed by atoms with Gasteiger partial charge in [0, 0.05) is 25.4 Å². The van der Waals surface area contributed by atoms with Crippen molar-refractivity contribution in [3.05, 3.63) is 57.9 Å². The van der Waals surface area contributed by atoms with Crippen LogP contribution in [0.1, 0.15) is 24.6 Å². The third kappa shape index (κ3) is 3.39. The van der Waals surface area contributed by atoms with Gasteiger partial charge in [0.15, 0.2) is 0 Å². The number of hydrogen-bond donors (Lipinski definition) is 1. The van der Waals surface area contributed by atoms with Crippen molar-refractivity contribution in [3.8, 4) is 6.07 Å². The SMILES string of the molecule is CCCNc1cc(Cn2cccc2C#N)ccc1[N+](=O)[O-]. The van der Waals surface area contributed by atoms with Gasteiger partial charge < -0.3 is 9.88 Å². The molecule has 0 aliphatic rings. The number of aromatic nitrogens is 1. The number of benzene rings is 1. The average molecular weight is 284 g/mol. The van der Waals surface area contributed by atoms with Gasteiger partial charge in [0.05, 0.1) is 4.92 Å². The second-order valence-corrected chi connectivity index (χ2v) is 4.67. The summed E-state index contributed by atoms with van der Waals surface area (Å²) in [6, 6.07) is 10.7. The Balaban J connectivity index is 2.29. The van der Waals surface area contributed by atoms with Gasteiger partial charge in [-0.3, -0.25) is 10.1 Å². The molecule has 0 aliphatic carbocycles. The molecule has 0 amide bonds. The van der Waals surface area contributed by atoms with E-state index in [0.29, 0.717) is 24.5 Å². The molecule has 1 N–H and O–H groups in total. The molecule has 0 saturated heterocycles. The summed E-state index contributed by atoms with van der Waals surface area (Å²) in [4.78, 5) is 10.6. The predicted octanol–water partition coefficient (Wildman–Crippen LogP) is 3.14. The van der Waals surface area contributed by atoms with Crippen molar-refractivity contribution in [3.63, 3.8) is 0 Å². The minimum atomic E-state index is -0.391. The van der Waals surface area contributed by atoms with Crippen LogP contribution in [0.4, 0.5) is 11.4 Å². The van der Waals surface area contributed by atoms with Crippen LogP contribution in [-0.2, 0) is 6.54 Å². The molecule has 6 nitrogen and oxygen atoms in total. The van der Waals surface area contributed by atoms with Crippen molar-refractivity contribution in [2.24, 2.45) is 0 Å². The zero-order valence-corrected chi connectivity index (χ0v) is 11.7. The number of anilines is 1. The third-order valence-electron chi connectivity index (χ3n) is 3.12. The Bertz CT molecular complexity index is 685. The fourth-order valence-corrected chi connectivity index (χ4v) is 2.09. The summed E-state index contributed by atoms with van der Waals surface area (Å²) in [6.45, 7) is 3.19. The van der Waals surface area contributed by atoms with E-state index in [1.807, 2.05) is 17.7 Å². The molecule has 0 spiro atoms. The van der Waals surface area contributed by atoms with E-state index in [2.05, 4.69) is 11.4 Å². The molecular weight excluding hydrogens is 268 g/mol. The highest BCUT2D eigenvalue weighted by atomic mass is 16.6. The minimum absolute atomic E-state index is 0.0696. The summed E-state index contributed by atoms with van der Waals surface area (Å²) in [7, 11) is 0. The highest BCUT2D eigenvalue weighted by molar-refractivity contribution is 5.62. The lowest BCUT2D eigenvalue weighted by molar-refractivity contribution is -0.384. The van der Waals surface area contributed by atoms with Crippen LogP contribution in [0.2, 0.25) is 0 Å². The van der Waals surface area contributed by atoms with Crippen LogP contribution >= 0.6 is 0 Å². The lowest BCUT2D eigenvalue weighted by Crippen LogP contribution is -2.06. The summed E-state index contributed by atoms with van der Waals surface area (Å²) in [5.74, 6) is 0. The number of rotatable bonds is 6. The molecule has 0 fully saturated rings. The van der Waals surface area contributed by atoms with Gasteiger partial charge in [-0.15, -0.1) is 0 Å². The number of nitrogens with zero attached hydrogens (tertiary/aromatic N) is 3. The van der Waals surface area contributed by atoms with Gasteiger partial charge in [-0.25, -0.2) is 0 Å². The van der Waals surface area contributed by atoms with E-state index in [0.717, 1.165) is 12.0 Å². The highest BCUT2D eigenvalue weighted by Gasteiger charge is 2.14. The van der Waals surface area contributed by atoms with Crippen LogP contribution in [0.15, 0.2) is 36.5 Å². The van der Waals surface area contributed by atoms with Crippen LogP contribution in [0, 0.1) is 21.4 Å². The summed E-state index contributed by atoms with van der Waals surface area (Å²) < 4.78 is 1.81. The molecule has 21 heavy (non-hydrogen) atoms. The Morgan fingerprint density at radius 2 is 2.24 bits per heavy atom. The van der Waals surface area contributed by atoms with Crippen LogP contribution in [0.3, 0.4) is 0 Å². The number of nitro benzene ring substituents is 1. The van der Waals surface area contributed by atoms with Gasteiger partial charge in [-0.05, 0) is 30.2 Å². The fourth-order valence-electron chi connectivity index (χ4n) is 2.09. The van der Waals surface area contributed by atoms with Gasteiger partial charge in [0.25, 0.3) is 5.69 Å². The van der Waals surface area contributed by atoms with Crippen molar-refractivity contribution in [2.45, 2.75) is 19.9 Å². The molecule has 1 heterocycles. The molecule has 0 atom stereocenters. The first-order valence-corrected chi connectivity index (χ1v) is 6.72. The second-order valence-electron chi connectivity index (χ2n) is 4.67. The Hall–Kier alpha value is -2.81. The summed E-state index contributed by atoms with van der Waals surface area (Å²) >= 11 is 0. The molecule has 0 aliphatic heterocycles. The zero-order valence-electron chi connectivity index (χ0n) is 11.7. The van der Waals surface area contributed by atoms with E-state index in [1.165, 1.54) is 6.07 Å². The summed E-state index contributed by atoms with van der Waals surface area (Å²) in [6.07, 6.45) is 2.71. The maximum Gasteiger partial charge on any atom is 0.292 e.